The molecule has 98 valence electrons. The van der Waals surface area contributed by atoms with E-state index in [1.165, 1.54) is 6.07 Å². The number of para-hydroxylation sites is 1. The largest absolute Gasteiger partial charge is 0.508 e. The summed E-state index contributed by atoms with van der Waals surface area (Å²) in [6.07, 6.45) is 1.67. The number of nitrogens with one attached hydrogen (secondary N) is 1. The first-order valence-electron chi connectivity index (χ1n) is 6.18. The fraction of sp³-hybridized carbons (Fsp3) is 0.200. The van der Waals surface area contributed by atoms with E-state index in [2.05, 4.69) is 21.2 Å². The van der Waals surface area contributed by atoms with Gasteiger partial charge in [0.25, 0.3) is 0 Å². The average molecular weight is 322 g/mol. The van der Waals surface area contributed by atoms with E-state index in [-0.39, 0.29) is 11.9 Å². The Morgan fingerprint density at radius 1 is 1.21 bits per heavy atom. The molecule has 0 spiro atoms. The lowest BCUT2D eigenvalue weighted by Crippen LogP contribution is -2.09. The van der Waals surface area contributed by atoms with Crippen LogP contribution >= 0.6 is 15.9 Å². The summed E-state index contributed by atoms with van der Waals surface area (Å²) in [4.78, 5) is 0. The zero-order valence-electron chi connectivity index (χ0n) is 10.2. The molecule has 0 saturated carbocycles. The van der Waals surface area contributed by atoms with Crippen LogP contribution < -0.4 is 5.32 Å². The summed E-state index contributed by atoms with van der Waals surface area (Å²) in [5, 5.41) is 13.0. The van der Waals surface area contributed by atoms with Crippen molar-refractivity contribution in [3.63, 3.8) is 0 Å². The summed E-state index contributed by atoms with van der Waals surface area (Å²) >= 11 is 3.36. The zero-order valence-corrected chi connectivity index (χ0v) is 11.7. The van der Waals surface area contributed by atoms with Crippen molar-refractivity contribution in [2.45, 2.75) is 18.9 Å². The standard InChI is InChI=1S/C15H13BrFNO/c16-11-4-2-5-12(17)15(11)18-13-8-7-10-9(13)3-1-6-14(10)19/h1-6,13,18-19H,7-8H2. The van der Waals surface area contributed by atoms with E-state index >= 15 is 0 Å². The van der Waals surface area contributed by atoms with Crippen LogP contribution in [0.3, 0.4) is 0 Å². The molecule has 1 aliphatic rings. The first kappa shape index (κ1) is 12.5. The number of aromatic hydroxyl groups is 1. The van der Waals surface area contributed by atoms with Crippen molar-refractivity contribution in [2.24, 2.45) is 0 Å². The molecule has 1 atom stereocenters. The third kappa shape index (κ3) is 2.21. The van der Waals surface area contributed by atoms with Crippen molar-refractivity contribution in [3.05, 3.63) is 57.8 Å². The number of hydrogen-bond donors (Lipinski definition) is 2. The maximum Gasteiger partial charge on any atom is 0.147 e. The molecule has 3 rings (SSSR count). The molecule has 2 N–H and O–H groups in total. The summed E-state index contributed by atoms with van der Waals surface area (Å²) < 4.78 is 14.5. The minimum absolute atomic E-state index is 0.0373. The normalized spacial score (nSPS) is 17.3. The van der Waals surface area contributed by atoms with Gasteiger partial charge in [-0.05, 0) is 58.1 Å². The molecule has 0 bridgehead atoms. The third-order valence-corrected chi connectivity index (χ3v) is 4.19. The van der Waals surface area contributed by atoms with Gasteiger partial charge >= 0.3 is 0 Å². The predicted octanol–water partition coefficient (Wildman–Crippen LogP) is 4.39. The quantitative estimate of drug-likeness (QED) is 0.859. The van der Waals surface area contributed by atoms with Gasteiger partial charge < -0.3 is 10.4 Å². The molecule has 1 unspecified atom stereocenters. The number of phenolic OH excluding ortho intramolecular Hbond substituents is 1. The van der Waals surface area contributed by atoms with Crippen molar-refractivity contribution < 1.29 is 9.50 Å². The Kier molecular flexibility index (Phi) is 3.19. The second kappa shape index (κ2) is 4.85. The first-order chi connectivity index (χ1) is 9.16. The van der Waals surface area contributed by atoms with Gasteiger partial charge in [-0.2, -0.15) is 0 Å². The van der Waals surface area contributed by atoms with Crippen LogP contribution in [0.1, 0.15) is 23.6 Å². The van der Waals surface area contributed by atoms with E-state index in [1.807, 2.05) is 18.2 Å². The van der Waals surface area contributed by atoms with Gasteiger partial charge in [-0.15, -0.1) is 0 Å². The van der Waals surface area contributed by atoms with Crippen LogP contribution in [-0.4, -0.2) is 5.11 Å². The lowest BCUT2D eigenvalue weighted by atomic mass is 10.1. The summed E-state index contributed by atoms with van der Waals surface area (Å²) in [6.45, 7) is 0. The smallest absolute Gasteiger partial charge is 0.147 e. The molecule has 0 radical (unpaired) electrons. The van der Waals surface area contributed by atoms with Crippen LogP contribution in [0.2, 0.25) is 0 Å². The number of rotatable bonds is 2. The van der Waals surface area contributed by atoms with Crippen LogP contribution in [0.5, 0.6) is 5.75 Å². The van der Waals surface area contributed by atoms with Gasteiger partial charge in [0.2, 0.25) is 0 Å². The minimum atomic E-state index is -0.275. The topological polar surface area (TPSA) is 32.3 Å². The zero-order chi connectivity index (χ0) is 13.4. The number of halogens is 2. The first-order valence-corrected chi connectivity index (χ1v) is 6.97. The van der Waals surface area contributed by atoms with Crippen molar-refractivity contribution >= 4 is 21.6 Å². The molecular weight excluding hydrogens is 309 g/mol. The van der Waals surface area contributed by atoms with Gasteiger partial charge in [0.1, 0.15) is 11.6 Å². The second-order valence-corrected chi connectivity index (χ2v) is 5.53. The van der Waals surface area contributed by atoms with Crippen LogP contribution in [-0.2, 0) is 6.42 Å². The molecule has 0 amide bonds. The van der Waals surface area contributed by atoms with Crippen LogP contribution in [0, 0.1) is 5.82 Å². The summed E-state index contributed by atoms with van der Waals surface area (Å²) in [5.41, 5.74) is 2.49. The van der Waals surface area contributed by atoms with Crippen LogP contribution in [0.4, 0.5) is 10.1 Å². The molecule has 0 heterocycles. The molecule has 0 fully saturated rings. The molecule has 2 nitrogen and oxygen atoms in total. The number of phenols is 1. The minimum Gasteiger partial charge on any atom is -0.508 e. The van der Waals surface area contributed by atoms with Gasteiger partial charge in [-0.25, -0.2) is 4.39 Å². The summed E-state index contributed by atoms with van der Waals surface area (Å²) in [6, 6.07) is 10.4. The van der Waals surface area contributed by atoms with Gasteiger partial charge in [0, 0.05) is 4.47 Å². The monoisotopic (exact) mass is 321 g/mol. The van der Waals surface area contributed by atoms with Gasteiger partial charge in [0.15, 0.2) is 0 Å². The lowest BCUT2D eigenvalue weighted by Gasteiger charge is -2.17. The molecule has 0 saturated heterocycles. The molecule has 19 heavy (non-hydrogen) atoms. The van der Waals surface area contributed by atoms with E-state index in [0.29, 0.717) is 15.9 Å². The molecule has 2 aromatic carbocycles. The van der Waals surface area contributed by atoms with Gasteiger partial charge in [-0.1, -0.05) is 18.2 Å². The Bertz CT molecular complexity index is 609. The highest BCUT2D eigenvalue weighted by atomic mass is 79.9. The van der Waals surface area contributed by atoms with Crippen molar-refractivity contribution in [1.82, 2.24) is 0 Å². The highest BCUT2D eigenvalue weighted by Gasteiger charge is 2.25. The second-order valence-electron chi connectivity index (χ2n) is 4.68. The van der Waals surface area contributed by atoms with E-state index in [0.717, 1.165) is 24.0 Å². The Labute approximate surface area is 119 Å². The lowest BCUT2D eigenvalue weighted by molar-refractivity contribution is 0.469. The fourth-order valence-electron chi connectivity index (χ4n) is 2.59. The Morgan fingerprint density at radius 2 is 2.00 bits per heavy atom. The molecule has 0 aromatic heterocycles. The van der Waals surface area contributed by atoms with Crippen LogP contribution in [0.25, 0.3) is 0 Å². The Hall–Kier alpha value is -1.55. The number of fused-ring (bicyclic) bond motifs is 1. The van der Waals surface area contributed by atoms with Crippen LogP contribution in [0.15, 0.2) is 40.9 Å². The summed E-state index contributed by atoms with van der Waals surface area (Å²) in [7, 11) is 0. The molecular formula is C15H13BrFNO. The number of hydrogen-bond acceptors (Lipinski definition) is 2. The average Bonchev–Trinajstić information content (AvgIpc) is 2.79. The predicted molar refractivity (Wildman–Crippen MR) is 76.9 cm³/mol. The fourth-order valence-corrected chi connectivity index (χ4v) is 3.05. The van der Waals surface area contributed by atoms with Crippen molar-refractivity contribution in [1.29, 1.82) is 0 Å². The van der Waals surface area contributed by atoms with Crippen molar-refractivity contribution in [2.75, 3.05) is 5.32 Å². The van der Waals surface area contributed by atoms with Gasteiger partial charge in [-0.3, -0.25) is 0 Å². The maximum atomic E-state index is 13.8. The highest BCUT2D eigenvalue weighted by molar-refractivity contribution is 9.10. The number of anilines is 1. The molecule has 0 aliphatic heterocycles. The maximum absolute atomic E-state index is 13.8. The summed E-state index contributed by atoms with van der Waals surface area (Å²) in [5.74, 6) is 0.0531. The van der Waals surface area contributed by atoms with E-state index in [1.54, 1.807) is 12.1 Å². The Morgan fingerprint density at radius 3 is 2.79 bits per heavy atom. The van der Waals surface area contributed by atoms with Gasteiger partial charge in [0.05, 0.1) is 11.7 Å². The van der Waals surface area contributed by atoms with E-state index < -0.39 is 0 Å². The van der Waals surface area contributed by atoms with Crippen molar-refractivity contribution in [3.8, 4) is 5.75 Å². The Balaban J connectivity index is 1.93. The molecule has 4 heteroatoms. The van der Waals surface area contributed by atoms with E-state index in [4.69, 9.17) is 0 Å². The van der Waals surface area contributed by atoms with E-state index in [9.17, 15) is 9.50 Å². The SMILES string of the molecule is Oc1cccc2c1CCC2Nc1c(F)cccc1Br. The number of benzene rings is 2. The highest BCUT2D eigenvalue weighted by Crippen LogP contribution is 2.39. The molecule has 2 aromatic rings. The molecule has 1 aliphatic carbocycles. The third-order valence-electron chi connectivity index (χ3n) is 3.53.